The number of aromatic nitrogens is 3. The summed E-state index contributed by atoms with van der Waals surface area (Å²) in [5.41, 5.74) is 4.36. The first-order chi connectivity index (χ1) is 17.4. The van der Waals surface area contributed by atoms with Crippen LogP contribution in [0.3, 0.4) is 0 Å². The third-order valence-corrected chi connectivity index (χ3v) is 5.71. The molecule has 0 bridgehead atoms. The summed E-state index contributed by atoms with van der Waals surface area (Å²) in [5, 5.41) is 4.86. The zero-order valence-electron chi connectivity index (χ0n) is 18.8. The number of carbonyl (C=O) groups excluding carboxylic acids is 1. The molecule has 9 heteroatoms. The number of imidazole rings is 1. The molecule has 0 saturated heterocycles. The van der Waals surface area contributed by atoms with Crippen LogP contribution < -0.4 is 10.6 Å². The second-order valence-corrected chi connectivity index (χ2v) is 8.07. The Morgan fingerprint density at radius 1 is 0.889 bits per heavy atom. The van der Waals surface area contributed by atoms with Gasteiger partial charge in [-0.25, -0.2) is 9.78 Å². The van der Waals surface area contributed by atoms with Crippen LogP contribution in [0, 0.1) is 0 Å². The lowest BCUT2D eigenvalue weighted by Gasteiger charge is -2.14. The van der Waals surface area contributed by atoms with Gasteiger partial charge in [0.1, 0.15) is 5.65 Å². The minimum Gasteiger partial charge on any atom is -0.334 e. The minimum atomic E-state index is -4.56. The van der Waals surface area contributed by atoms with Crippen molar-refractivity contribution < 1.29 is 18.0 Å². The van der Waals surface area contributed by atoms with Crippen LogP contribution in [0.4, 0.5) is 23.7 Å². The van der Waals surface area contributed by atoms with Crippen molar-refractivity contribution in [1.29, 1.82) is 0 Å². The molecule has 2 aromatic carbocycles. The topological polar surface area (TPSA) is 71.3 Å². The number of para-hydroxylation sites is 1. The van der Waals surface area contributed by atoms with Crippen molar-refractivity contribution in [3.05, 3.63) is 109 Å². The van der Waals surface area contributed by atoms with Gasteiger partial charge < -0.3 is 10.6 Å². The summed E-state index contributed by atoms with van der Waals surface area (Å²) in [5.74, 6) is 0. The fourth-order valence-corrected chi connectivity index (χ4v) is 3.90. The number of urea groups is 1. The molecule has 0 saturated carbocycles. The van der Waals surface area contributed by atoms with Gasteiger partial charge >= 0.3 is 12.2 Å². The van der Waals surface area contributed by atoms with Crippen LogP contribution in [-0.2, 0) is 12.7 Å². The minimum absolute atomic E-state index is 0.155. The molecule has 5 aromatic rings. The Labute approximate surface area is 204 Å². The van der Waals surface area contributed by atoms with Crippen molar-refractivity contribution >= 4 is 17.4 Å². The second-order valence-electron chi connectivity index (χ2n) is 8.07. The summed E-state index contributed by atoms with van der Waals surface area (Å²) in [7, 11) is 0. The fraction of sp³-hybridized carbons (Fsp3) is 0.0741. The molecule has 0 aliphatic carbocycles. The Balaban J connectivity index is 1.26. The zero-order valence-corrected chi connectivity index (χ0v) is 18.8. The van der Waals surface area contributed by atoms with E-state index in [-0.39, 0.29) is 12.2 Å². The molecule has 3 heterocycles. The van der Waals surface area contributed by atoms with Crippen LogP contribution in [-0.4, -0.2) is 20.4 Å². The Hall–Kier alpha value is -4.66. The first kappa shape index (κ1) is 23.1. The predicted octanol–water partition coefficient (Wildman–Crippen LogP) is 6.40. The van der Waals surface area contributed by atoms with Gasteiger partial charge in [0, 0.05) is 30.7 Å². The molecular formula is C27H20F3N5O. The lowest BCUT2D eigenvalue weighted by atomic mass is 10.1. The van der Waals surface area contributed by atoms with Gasteiger partial charge in [-0.15, -0.1) is 0 Å². The van der Waals surface area contributed by atoms with Crippen molar-refractivity contribution in [1.82, 2.24) is 19.7 Å². The van der Waals surface area contributed by atoms with Crippen molar-refractivity contribution in [2.24, 2.45) is 0 Å². The SMILES string of the molecule is O=C(NCc1ccc(-c2cnc3cc(-c4ccncc4)ccn23)cc1)Nc1ccccc1C(F)(F)F. The highest BCUT2D eigenvalue weighted by Gasteiger charge is 2.33. The van der Waals surface area contributed by atoms with Crippen molar-refractivity contribution in [2.75, 3.05) is 5.32 Å². The molecule has 5 rings (SSSR count). The molecule has 0 fully saturated rings. The van der Waals surface area contributed by atoms with Gasteiger partial charge in [0.15, 0.2) is 0 Å². The van der Waals surface area contributed by atoms with E-state index in [0.717, 1.165) is 39.7 Å². The number of hydrogen-bond donors (Lipinski definition) is 2. The number of hydrogen-bond acceptors (Lipinski definition) is 3. The van der Waals surface area contributed by atoms with Crippen molar-refractivity contribution in [3.63, 3.8) is 0 Å². The predicted molar refractivity (Wildman–Crippen MR) is 131 cm³/mol. The quantitative estimate of drug-likeness (QED) is 0.301. The summed E-state index contributed by atoms with van der Waals surface area (Å²) in [6.07, 6.45) is 2.70. The summed E-state index contributed by atoms with van der Waals surface area (Å²) in [6.45, 7) is 0.155. The average Bonchev–Trinajstić information content (AvgIpc) is 3.31. The number of pyridine rings is 2. The van der Waals surface area contributed by atoms with Crippen LogP contribution in [0.15, 0.2) is 97.6 Å². The van der Waals surface area contributed by atoms with Crippen LogP contribution in [0.25, 0.3) is 28.0 Å². The van der Waals surface area contributed by atoms with Gasteiger partial charge in [-0.3, -0.25) is 9.38 Å². The van der Waals surface area contributed by atoms with E-state index in [9.17, 15) is 18.0 Å². The summed E-state index contributed by atoms with van der Waals surface area (Å²) >= 11 is 0. The molecule has 3 aromatic heterocycles. The standard InChI is InChI=1S/C27H20F3N5O/c28-27(29,30)22-3-1-2-4-23(22)34-26(36)33-16-18-5-7-20(8-6-18)24-17-32-25-15-21(11-14-35(24)25)19-9-12-31-13-10-19/h1-15,17H,16H2,(H2,33,34,36). The van der Waals surface area contributed by atoms with Crippen LogP contribution in [0.2, 0.25) is 0 Å². The second kappa shape index (κ2) is 9.53. The average molecular weight is 487 g/mol. The number of carbonyl (C=O) groups is 1. The maximum Gasteiger partial charge on any atom is 0.418 e. The summed E-state index contributed by atoms with van der Waals surface area (Å²) in [4.78, 5) is 20.8. The molecule has 0 atom stereocenters. The molecule has 2 N–H and O–H groups in total. The van der Waals surface area contributed by atoms with Crippen molar-refractivity contribution in [2.45, 2.75) is 12.7 Å². The van der Waals surface area contributed by atoms with Crippen LogP contribution in [0.1, 0.15) is 11.1 Å². The van der Waals surface area contributed by atoms with E-state index >= 15 is 0 Å². The number of halogens is 3. The van der Waals surface area contributed by atoms with Gasteiger partial charge in [-0.1, -0.05) is 36.4 Å². The Morgan fingerprint density at radius 3 is 2.39 bits per heavy atom. The van der Waals surface area contributed by atoms with E-state index in [4.69, 9.17) is 0 Å². The van der Waals surface area contributed by atoms with E-state index in [2.05, 4.69) is 20.6 Å². The molecule has 180 valence electrons. The number of alkyl halides is 3. The van der Waals surface area contributed by atoms with Gasteiger partial charge in [0.25, 0.3) is 0 Å². The summed E-state index contributed by atoms with van der Waals surface area (Å²) < 4.78 is 41.3. The number of benzene rings is 2. The van der Waals surface area contributed by atoms with Crippen LogP contribution in [0.5, 0.6) is 0 Å². The molecular weight excluding hydrogens is 467 g/mol. The molecule has 6 nitrogen and oxygen atoms in total. The normalized spacial score (nSPS) is 11.4. The van der Waals surface area contributed by atoms with Gasteiger partial charge in [0.05, 0.1) is 23.1 Å². The lowest BCUT2D eigenvalue weighted by molar-refractivity contribution is -0.136. The Bertz CT molecular complexity index is 1510. The third kappa shape index (κ3) is 4.90. The molecule has 2 amide bonds. The van der Waals surface area contributed by atoms with E-state index in [1.807, 2.05) is 59.1 Å². The lowest BCUT2D eigenvalue weighted by Crippen LogP contribution is -2.29. The zero-order chi connectivity index (χ0) is 25.1. The maximum atomic E-state index is 13.1. The fourth-order valence-electron chi connectivity index (χ4n) is 3.90. The number of rotatable bonds is 5. The first-order valence-electron chi connectivity index (χ1n) is 11.1. The highest BCUT2D eigenvalue weighted by atomic mass is 19.4. The number of amides is 2. The molecule has 36 heavy (non-hydrogen) atoms. The van der Waals surface area contributed by atoms with E-state index in [1.54, 1.807) is 18.6 Å². The smallest absolute Gasteiger partial charge is 0.334 e. The molecule has 0 aliphatic rings. The highest BCUT2D eigenvalue weighted by Crippen LogP contribution is 2.34. The first-order valence-corrected chi connectivity index (χ1v) is 11.1. The monoisotopic (exact) mass is 487 g/mol. The number of nitrogens with one attached hydrogen (secondary N) is 2. The largest absolute Gasteiger partial charge is 0.418 e. The molecule has 0 radical (unpaired) electrons. The van der Waals surface area contributed by atoms with E-state index in [0.29, 0.717) is 0 Å². The number of nitrogens with zero attached hydrogens (tertiary/aromatic N) is 3. The summed E-state index contributed by atoms with van der Waals surface area (Å²) in [6, 6.07) is 19.6. The van der Waals surface area contributed by atoms with E-state index < -0.39 is 17.8 Å². The van der Waals surface area contributed by atoms with Gasteiger partial charge in [-0.05, 0) is 53.1 Å². The Kier molecular flexibility index (Phi) is 6.12. The molecule has 0 aliphatic heterocycles. The highest BCUT2D eigenvalue weighted by molar-refractivity contribution is 5.90. The van der Waals surface area contributed by atoms with Gasteiger partial charge in [0.2, 0.25) is 0 Å². The van der Waals surface area contributed by atoms with Crippen LogP contribution >= 0.6 is 0 Å². The maximum absolute atomic E-state index is 13.1. The van der Waals surface area contributed by atoms with Gasteiger partial charge in [-0.2, -0.15) is 13.2 Å². The Morgan fingerprint density at radius 2 is 1.64 bits per heavy atom. The third-order valence-electron chi connectivity index (χ3n) is 5.71. The molecule has 0 spiro atoms. The van der Waals surface area contributed by atoms with E-state index in [1.165, 1.54) is 18.2 Å². The molecule has 0 unspecified atom stereocenters. The van der Waals surface area contributed by atoms with Crippen molar-refractivity contribution in [3.8, 4) is 22.4 Å². The number of anilines is 1. The number of fused-ring (bicyclic) bond motifs is 1.